The molecule has 0 aliphatic heterocycles. The van der Waals surface area contributed by atoms with Gasteiger partial charge < -0.3 is 10.3 Å². The standard InChI is InChI=1S/C25H24N4O2/c1-15-6-8-18(9-7-15)28-19-10-11-21(17(12-19)13-26)29-25(31)20-14-27-22-5-3-4-16(2)23(22)24(20)30/h3-5,10-12,14-15H,6-9H2,1-2H3,(H,27,30)(H,29,31). The number of carbonyl (C=O) groups excluding carboxylic acids is 1. The lowest BCUT2D eigenvalue weighted by Crippen LogP contribution is -2.22. The van der Waals surface area contributed by atoms with E-state index < -0.39 is 5.91 Å². The maximum atomic E-state index is 12.9. The summed E-state index contributed by atoms with van der Waals surface area (Å²) >= 11 is 0. The van der Waals surface area contributed by atoms with Crippen LogP contribution in [0, 0.1) is 24.2 Å². The van der Waals surface area contributed by atoms with Crippen molar-refractivity contribution < 1.29 is 4.79 Å². The second kappa shape index (κ2) is 8.57. The Balaban J connectivity index is 1.60. The lowest BCUT2D eigenvalue weighted by atomic mass is 9.89. The molecule has 1 amide bonds. The Morgan fingerprint density at radius 3 is 2.74 bits per heavy atom. The molecule has 156 valence electrons. The fourth-order valence-corrected chi connectivity index (χ4v) is 3.99. The van der Waals surface area contributed by atoms with Crippen molar-refractivity contribution in [1.29, 1.82) is 5.26 Å². The first-order valence-electron chi connectivity index (χ1n) is 10.5. The summed E-state index contributed by atoms with van der Waals surface area (Å²) in [6.07, 6.45) is 5.64. The monoisotopic (exact) mass is 412 g/mol. The molecule has 1 aliphatic carbocycles. The molecule has 31 heavy (non-hydrogen) atoms. The minimum absolute atomic E-state index is 0.00587. The average molecular weight is 412 g/mol. The Kier molecular flexibility index (Phi) is 5.68. The molecule has 6 heteroatoms. The number of anilines is 1. The molecule has 1 fully saturated rings. The summed E-state index contributed by atoms with van der Waals surface area (Å²) in [6.45, 7) is 4.09. The normalized spacial score (nSPS) is 16.0. The maximum absolute atomic E-state index is 12.9. The Morgan fingerprint density at radius 2 is 2.00 bits per heavy atom. The number of pyridine rings is 1. The van der Waals surface area contributed by atoms with Gasteiger partial charge in [0.15, 0.2) is 0 Å². The molecule has 0 atom stereocenters. The van der Waals surface area contributed by atoms with Crippen molar-refractivity contribution in [2.75, 3.05) is 5.32 Å². The predicted molar refractivity (Wildman–Crippen MR) is 123 cm³/mol. The highest BCUT2D eigenvalue weighted by molar-refractivity contribution is 6.06. The molecule has 1 aliphatic rings. The van der Waals surface area contributed by atoms with Crippen LogP contribution < -0.4 is 10.7 Å². The van der Waals surface area contributed by atoms with E-state index in [0.29, 0.717) is 27.8 Å². The minimum atomic E-state index is -0.553. The zero-order chi connectivity index (χ0) is 22.0. The highest BCUT2D eigenvalue weighted by Crippen LogP contribution is 2.27. The molecule has 4 rings (SSSR count). The van der Waals surface area contributed by atoms with Gasteiger partial charge in [-0.15, -0.1) is 0 Å². The third kappa shape index (κ3) is 4.26. The predicted octanol–water partition coefficient (Wildman–Crippen LogP) is 5.24. The van der Waals surface area contributed by atoms with Crippen LogP contribution in [0.3, 0.4) is 0 Å². The summed E-state index contributed by atoms with van der Waals surface area (Å²) in [5.41, 5.74) is 3.68. The van der Waals surface area contributed by atoms with Gasteiger partial charge in [0.1, 0.15) is 11.6 Å². The zero-order valence-electron chi connectivity index (χ0n) is 17.7. The lowest BCUT2D eigenvalue weighted by Gasteiger charge is -2.19. The number of nitriles is 1. The number of aliphatic imine (C=N–C) groups is 1. The summed E-state index contributed by atoms with van der Waals surface area (Å²) in [7, 11) is 0. The van der Waals surface area contributed by atoms with Crippen LogP contribution in [-0.4, -0.2) is 16.6 Å². The Hall–Kier alpha value is -3.72. The van der Waals surface area contributed by atoms with Gasteiger partial charge in [0.05, 0.1) is 16.9 Å². The fourth-order valence-electron chi connectivity index (χ4n) is 3.99. The van der Waals surface area contributed by atoms with Crippen molar-refractivity contribution in [2.45, 2.75) is 39.5 Å². The fraction of sp³-hybridized carbons (Fsp3) is 0.280. The Labute approximate surface area is 180 Å². The van der Waals surface area contributed by atoms with E-state index in [1.165, 1.54) is 6.20 Å². The summed E-state index contributed by atoms with van der Waals surface area (Å²) < 4.78 is 0. The number of H-pyrrole nitrogens is 1. The first-order valence-corrected chi connectivity index (χ1v) is 10.5. The van der Waals surface area contributed by atoms with Crippen LogP contribution in [0.2, 0.25) is 0 Å². The largest absolute Gasteiger partial charge is 0.360 e. The number of aromatic amines is 1. The molecule has 1 saturated carbocycles. The summed E-state index contributed by atoms with van der Waals surface area (Å²) in [6, 6.07) is 12.7. The van der Waals surface area contributed by atoms with Gasteiger partial charge >= 0.3 is 0 Å². The van der Waals surface area contributed by atoms with Crippen LogP contribution >= 0.6 is 0 Å². The number of fused-ring (bicyclic) bond motifs is 1. The lowest BCUT2D eigenvalue weighted by molar-refractivity contribution is 0.102. The molecule has 0 radical (unpaired) electrons. The summed E-state index contributed by atoms with van der Waals surface area (Å²) in [5.74, 6) is 0.177. The number of nitrogens with one attached hydrogen (secondary N) is 2. The van der Waals surface area contributed by atoms with Crippen LogP contribution in [0.1, 0.15) is 54.1 Å². The molecule has 1 aromatic heterocycles. The number of hydrogen-bond donors (Lipinski definition) is 2. The van der Waals surface area contributed by atoms with Gasteiger partial charge in [0, 0.05) is 22.8 Å². The van der Waals surface area contributed by atoms with E-state index in [0.717, 1.165) is 42.9 Å². The number of carbonyl (C=O) groups is 1. The van der Waals surface area contributed by atoms with Gasteiger partial charge in [0.25, 0.3) is 5.91 Å². The first kappa shape index (κ1) is 20.5. The topological polar surface area (TPSA) is 98.1 Å². The van der Waals surface area contributed by atoms with Crippen molar-refractivity contribution in [3.05, 3.63) is 69.5 Å². The van der Waals surface area contributed by atoms with E-state index in [4.69, 9.17) is 4.99 Å². The summed E-state index contributed by atoms with van der Waals surface area (Å²) in [4.78, 5) is 33.4. The van der Waals surface area contributed by atoms with E-state index in [1.807, 2.05) is 19.1 Å². The summed E-state index contributed by atoms with van der Waals surface area (Å²) in [5, 5.41) is 12.8. The number of amides is 1. The molecule has 2 aromatic carbocycles. The molecule has 0 saturated heterocycles. The molecule has 0 bridgehead atoms. The molecule has 0 unspecified atom stereocenters. The van der Waals surface area contributed by atoms with Crippen molar-refractivity contribution in [3.63, 3.8) is 0 Å². The van der Waals surface area contributed by atoms with Crippen LogP contribution in [0.15, 0.2) is 52.4 Å². The third-order valence-corrected chi connectivity index (χ3v) is 5.87. The Morgan fingerprint density at radius 1 is 1.23 bits per heavy atom. The van der Waals surface area contributed by atoms with E-state index in [2.05, 4.69) is 23.3 Å². The number of aryl methyl sites for hydroxylation is 1. The number of aromatic nitrogens is 1. The van der Waals surface area contributed by atoms with Crippen LogP contribution in [0.5, 0.6) is 0 Å². The SMILES string of the molecule is Cc1cccc2[nH]cc(C(=O)Nc3ccc(N=C4CCC(C)CC4)cc3C#N)c(=O)c12. The second-order valence-corrected chi connectivity index (χ2v) is 8.19. The highest BCUT2D eigenvalue weighted by Gasteiger charge is 2.17. The molecule has 0 spiro atoms. The van der Waals surface area contributed by atoms with Crippen molar-refractivity contribution in [1.82, 2.24) is 4.98 Å². The van der Waals surface area contributed by atoms with Crippen LogP contribution in [-0.2, 0) is 0 Å². The third-order valence-electron chi connectivity index (χ3n) is 5.87. The van der Waals surface area contributed by atoms with Gasteiger partial charge in [-0.1, -0.05) is 19.1 Å². The molecular weight excluding hydrogens is 388 g/mol. The molecular formula is C25H24N4O2. The zero-order valence-corrected chi connectivity index (χ0v) is 17.7. The van der Waals surface area contributed by atoms with E-state index in [-0.39, 0.29) is 11.0 Å². The molecule has 2 N–H and O–H groups in total. The second-order valence-electron chi connectivity index (χ2n) is 8.19. The maximum Gasteiger partial charge on any atom is 0.261 e. The van der Waals surface area contributed by atoms with E-state index in [1.54, 1.807) is 24.3 Å². The van der Waals surface area contributed by atoms with Gasteiger partial charge in [-0.25, -0.2) is 0 Å². The Bertz CT molecular complexity index is 1290. The number of nitrogens with zero attached hydrogens (tertiary/aromatic N) is 2. The minimum Gasteiger partial charge on any atom is -0.360 e. The van der Waals surface area contributed by atoms with Gasteiger partial charge in [-0.2, -0.15) is 5.26 Å². The number of benzene rings is 2. The molecule has 1 heterocycles. The number of hydrogen-bond acceptors (Lipinski definition) is 4. The van der Waals surface area contributed by atoms with Crippen molar-refractivity contribution in [2.24, 2.45) is 10.9 Å². The number of rotatable bonds is 3. The highest BCUT2D eigenvalue weighted by atomic mass is 16.2. The van der Waals surface area contributed by atoms with E-state index in [9.17, 15) is 14.9 Å². The van der Waals surface area contributed by atoms with Gasteiger partial charge in [0.2, 0.25) is 5.43 Å². The first-order chi connectivity index (χ1) is 15.0. The van der Waals surface area contributed by atoms with Crippen molar-refractivity contribution >= 4 is 33.9 Å². The van der Waals surface area contributed by atoms with Crippen LogP contribution in [0.25, 0.3) is 10.9 Å². The van der Waals surface area contributed by atoms with Crippen molar-refractivity contribution in [3.8, 4) is 6.07 Å². The van der Waals surface area contributed by atoms with E-state index >= 15 is 0 Å². The molecule has 6 nitrogen and oxygen atoms in total. The van der Waals surface area contributed by atoms with Gasteiger partial charge in [-0.3, -0.25) is 14.6 Å². The smallest absolute Gasteiger partial charge is 0.261 e. The van der Waals surface area contributed by atoms with Gasteiger partial charge in [-0.05, 0) is 68.4 Å². The molecule has 3 aromatic rings. The van der Waals surface area contributed by atoms with Crippen LogP contribution in [0.4, 0.5) is 11.4 Å². The average Bonchev–Trinajstić information content (AvgIpc) is 2.76. The quantitative estimate of drug-likeness (QED) is 0.615.